The van der Waals surface area contributed by atoms with Gasteiger partial charge in [-0.15, -0.1) is 0 Å². The van der Waals surface area contributed by atoms with Crippen LogP contribution in [0.4, 0.5) is 5.82 Å². The van der Waals surface area contributed by atoms with E-state index in [4.69, 9.17) is 10.00 Å². The Balaban J connectivity index is 2.28. The fraction of sp³-hybridized carbons (Fsp3) is 0.214. The molecule has 2 rings (SSSR count). The maximum atomic E-state index is 8.86. The zero-order valence-corrected chi connectivity index (χ0v) is 10.8. The molecule has 1 heterocycles. The summed E-state index contributed by atoms with van der Waals surface area (Å²) < 4.78 is 5.70. The first-order chi connectivity index (χ1) is 9.24. The Morgan fingerprint density at radius 2 is 2.21 bits per heavy atom. The van der Waals surface area contributed by atoms with Gasteiger partial charge in [-0.25, -0.2) is 9.97 Å². The molecule has 1 N–H and O–H groups in total. The van der Waals surface area contributed by atoms with Crippen LogP contribution in [0.15, 0.2) is 30.6 Å². The van der Waals surface area contributed by atoms with Crippen LogP contribution in [-0.4, -0.2) is 16.5 Å². The van der Waals surface area contributed by atoms with Crippen molar-refractivity contribution in [3.8, 4) is 17.7 Å². The molecule has 96 valence electrons. The lowest BCUT2D eigenvalue weighted by Crippen LogP contribution is -2.03. The molecule has 5 nitrogen and oxygen atoms in total. The zero-order valence-electron chi connectivity index (χ0n) is 10.8. The molecular weight excluding hydrogens is 240 g/mol. The van der Waals surface area contributed by atoms with Crippen molar-refractivity contribution >= 4 is 5.82 Å². The van der Waals surface area contributed by atoms with E-state index in [0.29, 0.717) is 17.2 Å². The minimum absolute atomic E-state index is 0.487. The van der Waals surface area contributed by atoms with E-state index in [-0.39, 0.29) is 0 Å². The molecule has 0 aliphatic rings. The van der Waals surface area contributed by atoms with Crippen molar-refractivity contribution in [1.82, 2.24) is 9.97 Å². The van der Waals surface area contributed by atoms with Gasteiger partial charge in [-0.1, -0.05) is 6.07 Å². The van der Waals surface area contributed by atoms with Crippen LogP contribution in [0.5, 0.6) is 11.6 Å². The third kappa shape index (κ3) is 2.99. The summed E-state index contributed by atoms with van der Waals surface area (Å²) >= 11 is 0. The van der Waals surface area contributed by atoms with Crippen LogP contribution in [0.2, 0.25) is 0 Å². The summed E-state index contributed by atoms with van der Waals surface area (Å²) in [6.45, 7) is 4.67. The molecule has 5 heteroatoms. The number of ether oxygens (including phenoxy) is 1. The first-order valence-corrected chi connectivity index (χ1v) is 5.98. The number of hydrogen-bond acceptors (Lipinski definition) is 5. The number of nitrogens with zero attached hydrogens (tertiary/aromatic N) is 3. The summed E-state index contributed by atoms with van der Waals surface area (Å²) in [5.74, 6) is 1.83. The molecule has 0 spiro atoms. The zero-order chi connectivity index (χ0) is 13.7. The summed E-state index contributed by atoms with van der Waals surface area (Å²) in [5.41, 5.74) is 1.39. The molecule has 0 atom stereocenters. The lowest BCUT2D eigenvalue weighted by atomic mass is 10.2. The Morgan fingerprint density at radius 3 is 2.95 bits per heavy atom. The minimum Gasteiger partial charge on any atom is -0.439 e. The van der Waals surface area contributed by atoms with Gasteiger partial charge >= 0.3 is 0 Å². The van der Waals surface area contributed by atoms with E-state index in [2.05, 4.69) is 21.4 Å². The number of rotatable bonds is 4. The number of benzene rings is 1. The highest BCUT2D eigenvalue weighted by molar-refractivity contribution is 5.49. The average Bonchev–Trinajstić information content (AvgIpc) is 2.44. The third-order valence-electron chi connectivity index (χ3n) is 2.56. The molecule has 0 saturated carbocycles. The van der Waals surface area contributed by atoms with Gasteiger partial charge in [0.2, 0.25) is 5.88 Å². The lowest BCUT2D eigenvalue weighted by molar-refractivity contribution is 0.457. The van der Waals surface area contributed by atoms with Crippen molar-refractivity contribution in [1.29, 1.82) is 5.26 Å². The van der Waals surface area contributed by atoms with Crippen LogP contribution in [-0.2, 0) is 0 Å². The van der Waals surface area contributed by atoms with Crippen molar-refractivity contribution in [2.75, 3.05) is 11.9 Å². The lowest BCUT2D eigenvalue weighted by Gasteiger charge is -2.11. The normalized spacial score (nSPS) is 9.74. The van der Waals surface area contributed by atoms with E-state index < -0.39 is 0 Å². The summed E-state index contributed by atoms with van der Waals surface area (Å²) in [6.07, 6.45) is 1.45. The Labute approximate surface area is 111 Å². The van der Waals surface area contributed by atoms with E-state index in [1.54, 1.807) is 24.3 Å². The topological polar surface area (TPSA) is 70.8 Å². The standard InChI is InChI=1S/C14H14N4O/c1-3-16-13-10(2)14(18-9-17-13)19-12-6-4-5-11(7-12)8-15/h4-7,9H,3H2,1-2H3,(H,16,17,18). The summed E-state index contributed by atoms with van der Waals surface area (Å²) in [7, 11) is 0. The molecule has 1 aromatic heterocycles. The van der Waals surface area contributed by atoms with E-state index in [0.717, 1.165) is 17.9 Å². The van der Waals surface area contributed by atoms with Crippen molar-refractivity contribution in [2.24, 2.45) is 0 Å². The highest BCUT2D eigenvalue weighted by Gasteiger charge is 2.08. The second-order valence-electron chi connectivity index (χ2n) is 3.92. The number of aromatic nitrogens is 2. The molecule has 1 aromatic carbocycles. The fourth-order valence-electron chi connectivity index (χ4n) is 1.62. The fourth-order valence-corrected chi connectivity index (χ4v) is 1.62. The van der Waals surface area contributed by atoms with E-state index in [1.807, 2.05) is 13.8 Å². The molecule has 0 fully saturated rings. The molecule has 0 bridgehead atoms. The summed E-state index contributed by atoms with van der Waals surface area (Å²) in [4.78, 5) is 8.27. The van der Waals surface area contributed by atoms with Crippen molar-refractivity contribution < 1.29 is 4.74 Å². The van der Waals surface area contributed by atoms with Gasteiger partial charge in [-0.3, -0.25) is 0 Å². The van der Waals surface area contributed by atoms with Crippen LogP contribution in [0.25, 0.3) is 0 Å². The van der Waals surface area contributed by atoms with E-state index >= 15 is 0 Å². The van der Waals surface area contributed by atoms with Crippen molar-refractivity contribution in [3.05, 3.63) is 41.7 Å². The first kappa shape index (κ1) is 12.8. The van der Waals surface area contributed by atoms with Crippen LogP contribution in [0.1, 0.15) is 18.1 Å². The average molecular weight is 254 g/mol. The molecule has 0 saturated heterocycles. The Hall–Kier alpha value is -2.61. The maximum Gasteiger partial charge on any atom is 0.227 e. The van der Waals surface area contributed by atoms with Crippen LogP contribution in [0.3, 0.4) is 0 Å². The highest BCUT2D eigenvalue weighted by atomic mass is 16.5. The summed E-state index contributed by atoms with van der Waals surface area (Å²) in [6, 6.07) is 9.04. The second kappa shape index (κ2) is 5.83. The van der Waals surface area contributed by atoms with Gasteiger partial charge in [0.05, 0.1) is 17.2 Å². The van der Waals surface area contributed by atoms with Gasteiger partial charge in [0.1, 0.15) is 17.9 Å². The summed E-state index contributed by atoms with van der Waals surface area (Å²) in [5, 5.41) is 12.0. The van der Waals surface area contributed by atoms with Crippen LogP contribution in [0, 0.1) is 18.3 Å². The van der Waals surface area contributed by atoms with Crippen LogP contribution < -0.4 is 10.1 Å². The van der Waals surface area contributed by atoms with Crippen LogP contribution >= 0.6 is 0 Å². The Morgan fingerprint density at radius 1 is 1.37 bits per heavy atom. The van der Waals surface area contributed by atoms with Gasteiger partial charge in [-0.2, -0.15) is 5.26 Å². The SMILES string of the molecule is CCNc1ncnc(Oc2cccc(C#N)c2)c1C. The molecule has 0 radical (unpaired) electrons. The number of hydrogen-bond donors (Lipinski definition) is 1. The number of nitriles is 1. The van der Waals surface area contributed by atoms with Crippen molar-refractivity contribution in [3.63, 3.8) is 0 Å². The Bertz CT molecular complexity index is 619. The highest BCUT2D eigenvalue weighted by Crippen LogP contribution is 2.26. The molecular formula is C14H14N4O. The monoisotopic (exact) mass is 254 g/mol. The molecule has 0 amide bonds. The maximum absolute atomic E-state index is 8.86. The number of nitrogens with one attached hydrogen (secondary N) is 1. The predicted molar refractivity (Wildman–Crippen MR) is 72.2 cm³/mol. The molecule has 0 unspecified atom stereocenters. The Kier molecular flexibility index (Phi) is 3.94. The molecule has 2 aromatic rings. The molecule has 0 aliphatic heterocycles. The second-order valence-corrected chi connectivity index (χ2v) is 3.92. The largest absolute Gasteiger partial charge is 0.439 e. The van der Waals surface area contributed by atoms with Gasteiger partial charge < -0.3 is 10.1 Å². The predicted octanol–water partition coefficient (Wildman–Crippen LogP) is 2.88. The number of anilines is 1. The minimum atomic E-state index is 0.487. The van der Waals surface area contributed by atoms with Crippen molar-refractivity contribution in [2.45, 2.75) is 13.8 Å². The first-order valence-electron chi connectivity index (χ1n) is 5.98. The molecule has 0 aliphatic carbocycles. The van der Waals surface area contributed by atoms with Gasteiger partial charge in [-0.05, 0) is 32.0 Å². The third-order valence-corrected chi connectivity index (χ3v) is 2.56. The smallest absolute Gasteiger partial charge is 0.227 e. The van der Waals surface area contributed by atoms with Gasteiger partial charge in [0.25, 0.3) is 0 Å². The quantitative estimate of drug-likeness (QED) is 0.908. The van der Waals surface area contributed by atoms with E-state index in [1.165, 1.54) is 6.33 Å². The van der Waals surface area contributed by atoms with E-state index in [9.17, 15) is 0 Å². The molecule has 19 heavy (non-hydrogen) atoms. The van der Waals surface area contributed by atoms with Gasteiger partial charge in [0.15, 0.2) is 0 Å². The van der Waals surface area contributed by atoms with Gasteiger partial charge in [0, 0.05) is 6.54 Å².